The fourth-order valence-electron chi connectivity index (χ4n) is 2.00. The SMILES string of the molecule is CNC(=O)COc1cccc2c1CCCC2=O. The summed E-state index contributed by atoms with van der Waals surface area (Å²) < 4.78 is 5.44. The van der Waals surface area contributed by atoms with Gasteiger partial charge in [-0.05, 0) is 18.9 Å². The number of carbonyl (C=O) groups excluding carboxylic acids is 2. The van der Waals surface area contributed by atoms with Crippen molar-refractivity contribution >= 4 is 11.7 Å². The fourth-order valence-corrected chi connectivity index (χ4v) is 2.00. The van der Waals surface area contributed by atoms with Crippen LogP contribution in [0.1, 0.15) is 28.8 Å². The zero-order valence-corrected chi connectivity index (χ0v) is 9.79. The molecule has 1 aromatic carbocycles. The molecule has 0 saturated carbocycles. The third-order valence-electron chi connectivity index (χ3n) is 2.90. The number of hydrogen-bond acceptors (Lipinski definition) is 3. The van der Waals surface area contributed by atoms with Crippen molar-refractivity contribution in [2.24, 2.45) is 0 Å². The first kappa shape index (κ1) is 11.6. The Bertz CT molecular complexity index is 454. The summed E-state index contributed by atoms with van der Waals surface area (Å²) in [4.78, 5) is 22.8. The Morgan fingerprint density at radius 3 is 3.00 bits per heavy atom. The second-order valence-electron chi connectivity index (χ2n) is 4.02. The number of likely N-dealkylation sites (N-methyl/N-ethyl adjacent to an activating group) is 1. The van der Waals surface area contributed by atoms with Gasteiger partial charge < -0.3 is 10.1 Å². The van der Waals surface area contributed by atoms with Crippen LogP contribution in [0.2, 0.25) is 0 Å². The molecule has 0 spiro atoms. The van der Waals surface area contributed by atoms with Gasteiger partial charge in [0.15, 0.2) is 12.4 Å². The van der Waals surface area contributed by atoms with Crippen molar-refractivity contribution in [3.63, 3.8) is 0 Å². The number of Topliss-reactive ketones (excluding diaryl/α,β-unsaturated/α-hetero) is 1. The quantitative estimate of drug-likeness (QED) is 0.857. The standard InChI is InChI=1S/C13H15NO3/c1-14-13(16)8-17-12-7-3-4-9-10(12)5-2-6-11(9)15/h3-4,7H,2,5-6,8H2,1H3,(H,14,16). The monoisotopic (exact) mass is 233 g/mol. The van der Waals surface area contributed by atoms with Gasteiger partial charge in [0, 0.05) is 24.6 Å². The number of rotatable bonds is 3. The normalized spacial score (nSPS) is 14.1. The highest BCUT2D eigenvalue weighted by molar-refractivity contribution is 5.99. The van der Waals surface area contributed by atoms with Crippen molar-refractivity contribution < 1.29 is 14.3 Å². The van der Waals surface area contributed by atoms with Gasteiger partial charge in [0.2, 0.25) is 0 Å². The fraction of sp³-hybridized carbons (Fsp3) is 0.385. The van der Waals surface area contributed by atoms with Crippen molar-refractivity contribution in [2.45, 2.75) is 19.3 Å². The molecule has 2 rings (SSSR count). The van der Waals surface area contributed by atoms with E-state index >= 15 is 0 Å². The Kier molecular flexibility index (Phi) is 3.42. The zero-order chi connectivity index (χ0) is 12.3. The average Bonchev–Trinajstić information content (AvgIpc) is 2.36. The molecule has 0 aromatic heterocycles. The zero-order valence-electron chi connectivity index (χ0n) is 9.79. The second-order valence-corrected chi connectivity index (χ2v) is 4.02. The molecule has 0 atom stereocenters. The van der Waals surface area contributed by atoms with E-state index in [0.717, 1.165) is 24.0 Å². The molecule has 1 aliphatic rings. The minimum absolute atomic E-state index is 0.0128. The lowest BCUT2D eigenvalue weighted by molar-refractivity contribution is -0.122. The molecule has 0 unspecified atom stereocenters. The van der Waals surface area contributed by atoms with Crippen molar-refractivity contribution in [3.8, 4) is 5.75 Å². The molecule has 0 bridgehead atoms. The first-order valence-corrected chi connectivity index (χ1v) is 5.71. The summed E-state index contributed by atoms with van der Waals surface area (Å²) in [7, 11) is 1.57. The molecule has 1 N–H and O–H groups in total. The van der Waals surface area contributed by atoms with Crippen LogP contribution in [0, 0.1) is 0 Å². The lowest BCUT2D eigenvalue weighted by Gasteiger charge is -2.18. The Balaban J connectivity index is 2.20. The van der Waals surface area contributed by atoms with Crippen LogP contribution < -0.4 is 10.1 Å². The van der Waals surface area contributed by atoms with Gasteiger partial charge in [0.1, 0.15) is 5.75 Å². The van der Waals surface area contributed by atoms with Gasteiger partial charge >= 0.3 is 0 Å². The van der Waals surface area contributed by atoms with Crippen LogP contribution in [-0.2, 0) is 11.2 Å². The van der Waals surface area contributed by atoms with Crippen LogP contribution in [0.5, 0.6) is 5.75 Å². The van der Waals surface area contributed by atoms with Crippen LogP contribution in [-0.4, -0.2) is 25.3 Å². The molecular weight excluding hydrogens is 218 g/mol. The van der Waals surface area contributed by atoms with E-state index in [0.29, 0.717) is 12.2 Å². The number of ketones is 1. The minimum atomic E-state index is -0.176. The molecule has 1 aliphatic carbocycles. The van der Waals surface area contributed by atoms with E-state index in [1.807, 2.05) is 6.07 Å². The Hall–Kier alpha value is -1.84. The highest BCUT2D eigenvalue weighted by Gasteiger charge is 2.20. The molecule has 0 saturated heterocycles. The molecule has 1 aromatic rings. The highest BCUT2D eigenvalue weighted by atomic mass is 16.5. The summed E-state index contributed by atoms with van der Waals surface area (Å²) in [5.74, 6) is 0.639. The molecule has 1 amide bonds. The van der Waals surface area contributed by atoms with Gasteiger partial charge in [0.05, 0.1) is 0 Å². The van der Waals surface area contributed by atoms with Crippen LogP contribution in [0.25, 0.3) is 0 Å². The molecule has 0 heterocycles. The average molecular weight is 233 g/mol. The van der Waals surface area contributed by atoms with Crippen molar-refractivity contribution in [1.29, 1.82) is 0 Å². The lowest BCUT2D eigenvalue weighted by atomic mass is 9.90. The molecule has 0 aliphatic heterocycles. The van der Waals surface area contributed by atoms with E-state index in [4.69, 9.17) is 4.74 Å². The number of nitrogens with one attached hydrogen (secondary N) is 1. The van der Waals surface area contributed by atoms with Gasteiger partial charge in [0.25, 0.3) is 5.91 Å². The summed E-state index contributed by atoms with van der Waals surface area (Å²) in [5, 5.41) is 2.49. The smallest absolute Gasteiger partial charge is 0.257 e. The lowest BCUT2D eigenvalue weighted by Crippen LogP contribution is -2.25. The largest absolute Gasteiger partial charge is 0.483 e. The van der Waals surface area contributed by atoms with E-state index in [-0.39, 0.29) is 18.3 Å². The van der Waals surface area contributed by atoms with E-state index in [9.17, 15) is 9.59 Å². The van der Waals surface area contributed by atoms with Crippen molar-refractivity contribution in [2.75, 3.05) is 13.7 Å². The summed E-state index contributed by atoms with van der Waals surface area (Å²) in [6.07, 6.45) is 2.29. The topological polar surface area (TPSA) is 55.4 Å². The highest BCUT2D eigenvalue weighted by Crippen LogP contribution is 2.29. The van der Waals surface area contributed by atoms with E-state index < -0.39 is 0 Å². The minimum Gasteiger partial charge on any atom is -0.483 e. The molecule has 4 heteroatoms. The molecular formula is C13H15NO3. The number of hydrogen-bond donors (Lipinski definition) is 1. The Labute approximate surface area is 100.0 Å². The van der Waals surface area contributed by atoms with Crippen LogP contribution in [0.15, 0.2) is 18.2 Å². The number of benzene rings is 1. The number of fused-ring (bicyclic) bond motifs is 1. The van der Waals surface area contributed by atoms with Crippen molar-refractivity contribution in [3.05, 3.63) is 29.3 Å². The molecule has 90 valence electrons. The Morgan fingerprint density at radius 1 is 1.41 bits per heavy atom. The number of ether oxygens (including phenoxy) is 1. The summed E-state index contributed by atoms with van der Waals surface area (Å²) in [5.41, 5.74) is 1.68. The predicted octanol–water partition coefficient (Wildman–Crippen LogP) is 1.33. The van der Waals surface area contributed by atoms with E-state index in [2.05, 4.69) is 5.32 Å². The van der Waals surface area contributed by atoms with E-state index in [1.54, 1.807) is 19.2 Å². The van der Waals surface area contributed by atoms with Crippen LogP contribution in [0.3, 0.4) is 0 Å². The summed E-state index contributed by atoms with van der Waals surface area (Å²) in [6.45, 7) is -0.0128. The molecule has 0 fully saturated rings. The molecule has 4 nitrogen and oxygen atoms in total. The predicted molar refractivity (Wildman–Crippen MR) is 63.3 cm³/mol. The Morgan fingerprint density at radius 2 is 2.24 bits per heavy atom. The second kappa shape index (κ2) is 4.99. The maximum absolute atomic E-state index is 11.7. The number of amides is 1. The van der Waals surface area contributed by atoms with Gasteiger partial charge in [-0.2, -0.15) is 0 Å². The first-order chi connectivity index (χ1) is 8.22. The van der Waals surface area contributed by atoms with Crippen LogP contribution >= 0.6 is 0 Å². The van der Waals surface area contributed by atoms with E-state index in [1.165, 1.54) is 0 Å². The molecule has 17 heavy (non-hydrogen) atoms. The van der Waals surface area contributed by atoms with Crippen LogP contribution in [0.4, 0.5) is 0 Å². The number of carbonyl (C=O) groups is 2. The van der Waals surface area contributed by atoms with Gasteiger partial charge in [-0.3, -0.25) is 9.59 Å². The maximum atomic E-state index is 11.7. The first-order valence-electron chi connectivity index (χ1n) is 5.71. The van der Waals surface area contributed by atoms with Crippen molar-refractivity contribution in [1.82, 2.24) is 5.32 Å². The summed E-state index contributed by atoms with van der Waals surface area (Å²) >= 11 is 0. The van der Waals surface area contributed by atoms with Gasteiger partial charge in [-0.15, -0.1) is 0 Å². The third-order valence-corrected chi connectivity index (χ3v) is 2.90. The summed E-state index contributed by atoms with van der Waals surface area (Å²) in [6, 6.07) is 5.42. The van der Waals surface area contributed by atoms with Gasteiger partial charge in [-0.1, -0.05) is 12.1 Å². The molecule has 0 radical (unpaired) electrons. The van der Waals surface area contributed by atoms with Gasteiger partial charge in [-0.25, -0.2) is 0 Å². The maximum Gasteiger partial charge on any atom is 0.257 e. The third kappa shape index (κ3) is 2.46.